The summed E-state index contributed by atoms with van der Waals surface area (Å²) in [7, 11) is 1.55. The van der Waals surface area contributed by atoms with Crippen LogP contribution in [0.2, 0.25) is 0 Å². The molecule has 2 rings (SSSR count). The largest absolute Gasteiger partial charge is 0.496 e. The minimum absolute atomic E-state index is 0.00641. The van der Waals surface area contributed by atoms with Crippen molar-refractivity contribution in [3.05, 3.63) is 39.2 Å². The van der Waals surface area contributed by atoms with E-state index in [-0.39, 0.29) is 18.8 Å². The highest BCUT2D eigenvalue weighted by Crippen LogP contribution is 2.29. The summed E-state index contributed by atoms with van der Waals surface area (Å²) in [5.74, 6) is -1.02. The fourth-order valence-electron chi connectivity index (χ4n) is 3.25. The second-order valence-corrected chi connectivity index (χ2v) is 7.03. The number of carbonyl (C=O) groups excluding carboxylic acids is 1. The molecule has 0 bridgehead atoms. The van der Waals surface area contributed by atoms with Crippen LogP contribution in [0, 0.1) is 19.8 Å². The molecular weight excluding hydrogens is 362 g/mol. The molecule has 0 radical (unpaired) electrons. The number of carboxylic acid groups (broad SMARTS) is 1. The third-order valence-electron chi connectivity index (χ3n) is 5.27. The van der Waals surface area contributed by atoms with E-state index in [1.807, 2.05) is 32.9 Å². The molecule has 0 spiro atoms. The number of rotatable bonds is 8. The second-order valence-electron chi connectivity index (χ2n) is 7.03. The molecule has 0 unspecified atom stereocenters. The Morgan fingerprint density at radius 1 is 1.25 bits per heavy atom. The molecule has 7 nitrogen and oxygen atoms in total. The highest BCUT2D eigenvalue weighted by Gasteiger charge is 2.25. The molecule has 152 valence electrons. The number of methoxy groups -OCH3 is 1. The normalized spacial score (nSPS) is 13.2. The van der Waals surface area contributed by atoms with Crippen LogP contribution < -0.4 is 15.7 Å². The summed E-state index contributed by atoms with van der Waals surface area (Å²) in [6.45, 7) is 7.28. The van der Waals surface area contributed by atoms with E-state index in [9.17, 15) is 19.5 Å². The van der Waals surface area contributed by atoms with Gasteiger partial charge in [0.25, 0.3) is 0 Å². The standard InChI is InChI=1S/C21H27NO6/c1-6-11(2)18(20(24)25)22-17(23)10-8-15-12(3)14-7-9-16(27-5)13(4)19(14)28-21(15)26/h7,9,11,18H,6,8,10H2,1-5H3,(H,22,23)(H,24,25)/t11-,18-/m1/s1. The highest BCUT2D eigenvalue weighted by atomic mass is 16.5. The zero-order valence-corrected chi connectivity index (χ0v) is 16.9. The van der Waals surface area contributed by atoms with E-state index in [1.54, 1.807) is 14.0 Å². The Bertz CT molecular complexity index is 946. The third kappa shape index (κ3) is 4.35. The Labute approximate surface area is 163 Å². The summed E-state index contributed by atoms with van der Waals surface area (Å²) in [5.41, 5.74) is 1.88. The van der Waals surface area contributed by atoms with Crippen LogP contribution in [0.1, 0.15) is 43.4 Å². The first kappa shape index (κ1) is 21.5. The lowest BCUT2D eigenvalue weighted by atomic mass is 9.98. The van der Waals surface area contributed by atoms with Gasteiger partial charge in [-0.25, -0.2) is 9.59 Å². The van der Waals surface area contributed by atoms with Crippen molar-refractivity contribution < 1.29 is 23.8 Å². The minimum atomic E-state index is -1.06. The van der Waals surface area contributed by atoms with Crippen molar-refractivity contribution in [1.82, 2.24) is 5.32 Å². The Hall–Kier alpha value is -2.83. The summed E-state index contributed by atoms with van der Waals surface area (Å²) in [5, 5.41) is 12.6. The Morgan fingerprint density at radius 2 is 1.93 bits per heavy atom. The quantitative estimate of drug-likeness (QED) is 0.673. The zero-order chi connectivity index (χ0) is 21.0. The lowest BCUT2D eigenvalue weighted by Gasteiger charge is -2.20. The number of amides is 1. The van der Waals surface area contributed by atoms with Gasteiger partial charge in [0, 0.05) is 22.9 Å². The van der Waals surface area contributed by atoms with Gasteiger partial charge >= 0.3 is 11.6 Å². The highest BCUT2D eigenvalue weighted by molar-refractivity contribution is 5.86. The molecular formula is C21H27NO6. The number of carboxylic acids is 1. The predicted molar refractivity (Wildman–Crippen MR) is 106 cm³/mol. The van der Waals surface area contributed by atoms with Crippen molar-refractivity contribution in [2.75, 3.05) is 7.11 Å². The number of aliphatic carboxylic acids is 1. The van der Waals surface area contributed by atoms with E-state index in [4.69, 9.17) is 9.15 Å². The van der Waals surface area contributed by atoms with E-state index >= 15 is 0 Å². The van der Waals surface area contributed by atoms with Gasteiger partial charge in [0.05, 0.1) is 7.11 Å². The molecule has 1 aromatic carbocycles. The van der Waals surface area contributed by atoms with Crippen LogP contribution >= 0.6 is 0 Å². The second kappa shape index (κ2) is 8.91. The number of hydrogen-bond donors (Lipinski definition) is 2. The fourth-order valence-corrected chi connectivity index (χ4v) is 3.25. The number of ether oxygens (including phenoxy) is 1. The number of fused-ring (bicyclic) bond motifs is 1. The molecule has 2 atom stereocenters. The maximum atomic E-state index is 12.5. The lowest BCUT2D eigenvalue weighted by molar-refractivity contribution is -0.143. The van der Waals surface area contributed by atoms with Gasteiger partial charge in [-0.05, 0) is 43.9 Å². The maximum absolute atomic E-state index is 12.5. The third-order valence-corrected chi connectivity index (χ3v) is 5.27. The van der Waals surface area contributed by atoms with E-state index < -0.39 is 23.5 Å². The van der Waals surface area contributed by atoms with Crippen molar-refractivity contribution in [3.8, 4) is 5.75 Å². The molecule has 0 fully saturated rings. The first-order valence-electron chi connectivity index (χ1n) is 9.33. The molecule has 0 saturated carbocycles. The predicted octanol–water partition coefficient (Wildman–Crippen LogP) is 2.97. The monoisotopic (exact) mass is 389 g/mol. The van der Waals surface area contributed by atoms with Gasteiger partial charge in [0.1, 0.15) is 17.4 Å². The van der Waals surface area contributed by atoms with Gasteiger partial charge in [0.15, 0.2) is 0 Å². The van der Waals surface area contributed by atoms with Gasteiger partial charge in [-0.3, -0.25) is 4.79 Å². The molecule has 1 aromatic heterocycles. The topological polar surface area (TPSA) is 106 Å². The van der Waals surface area contributed by atoms with Crippen LogP contribution in [0.4, 0.5) is 0 Å². The van der Waals surface area contributed by atoms with E-state index in [0.717, 1.165) is 16.5 Å². The number of benzene rings is 1. The summed E-state index contributed by atoms with van der Waals surface area (Å²) in [6, 6.07) is 2.69. The summed E-state index contributed by atoms with van der Waals surface area (Å²) in [4.78, 5) is 36.1. The van der Waals surface area contributed by atoms with Gasteiger partial charge in [-0.2, -0.15) is 0 Å². The van der Waals surface area contributed by atoms with Crippen molar-refractivity contribution in [3.63, 3.8) is 0 Å². The smallest absolute Gasteiger partial charge is 0.339 e. The van der Waals surface area contributed by atoms with Gasteiger partial charge in [0.2, 0.25) is 5.91 Å². The number of hydrogen-bond acceptors (Lipinski definition) is 5. The van der Waals surface area contributed by atoms with Crippen molar-refractivity contribution in [2.24, 2.45) is 5.92 Å². The Balaban J connectivity index is 2.24. The van der Waals surface area contributed by atoms with E-state index in [1.165, 1.54) is 0 Å². The first-order chi connectivity index (χ1) is 13.2. The van der Waals surface area contributed by atoms with Crippen LogP contribution in [0.5, 0.6) is 5.75 Å². The number of aryl methyl sites for hydroxylation is 2. The molecule has 0 aliphatic heterocycles. The zero-order valence-electron chi connectivity index (χ0n) is 16.9. The van der Waals surface area contributed by atoms with Crippen molar-refractivity contribution in [1.29, 1.82) is 0 Å². The van der Waals surface area contributed by atoms with Crippen molar-refractivity contribution >= 4 is 22.8 Å². The average molecular weight is 389 g/mol. The molecule has 2 aromatic rings. The van der Waals surface area contributed by atoms with Gasteiger partial charge in [-0.15, -0.1) is 0 Å². The van der Waals surface area contributed by atoms with Crippen LogP contribution in [-0.4, -0.2) is 30.1 Å². The van der Waals surface area contributed by atoms with Gasteiger partial charge < -0.3 is 19.6 Å². The van der Waals surface area contributed by atoms with Crippen molar-refractivity contribution in [2.45, 2.75) is 53.0 Å². The summed E-state index contributed by atoms with van der Waals surface area (Å²) < 4.78 is 10.8. The SMILES string of the molecule is CC[C@@H](C)[C@@H](NC(=O)CCc1c(C)c2ccc(OC)c(C)c2oc1=O)C(=O)O. The maximum Gasteiger partial charge on any atom is 0.339 e. The van der Waals surface area contributed by atoms with Crippen LogP contribution in [-0.2, 0) is 16.0 Å². The van der Waals surface area contributed by atoms with E-state index in [0.29, 0.717) is 23.3 Å². The van der Waals surface area contributed by atoms with Gasteiger partial charge in [-0.1, -0.05) is 20.3 Å². The molecule has 28 heavy (non-hydrogen) atoms. The Kier molecular flexibility index (Phi) is 6.83. The average Bonchev–Trinajstić information content (AvgIpc) is 2.66. The minimum Gasteiger partial charge on any atom is -0.496 e. The molecule has 2 N–H and O–H groups in total. The fraction of sp³-hybridized carbons (Fsp3) is 0.476. The number of carbonyl (C=O) groups is 2. The lowest BCUT2D eigenvalue weighted by Crippen LogP contribution is -2.45. The molecule has 7 heteroatoms. The first-order valence-corrected chi connectivity index (χ1v) is 9.33. The molecule has 1 amide bonds. The van der Waals surface area contributed by atoms with Crippen LogP contribution in [0.15, 0.2) is 21.3 Å². The molecule has 1 heterocycles. The molecule has 0 saturated heterocycles. The Morgan fingerprint density at radius 3 is 2.50 bits per heavy atom. The van der Waals surface area contributed by atoms with Crippen LogP contribution in [0.3, 0.4) is 0 Å². The summed E-state index contributed by atoms with van der Waals surface area (Å²) in [6.07, 6.45) is 0.813. The van der Waals surface area contributed by atoms with Crippen LogP contribution in [0.25, 0.3) is 11.0 Å². The summed E-state index contributed by atoms with van der Waals surface area (Å²) >= 11 is 0. The molecule has 0 aliphatic rings. The number of nitrogens with one attached hydrogen (secondary N) is 1. The van der Waals surface area contributed by atoms with E-state index in [2.05, 4.69) is 5.32 Å². The molecule has 0 aliphatic carbocycles.